The molecule has 106 valence electrons. The van der Waals surface area contributed by atoms with Crippen LogP contribution in [0, 0.1) is 11.3 Å². The quantitative estimate of drug-likeness (QED) is 0.920. The summed E-state index contributed by atoms with van der Waals surface area (Å²) in [5.74, 6) is 0.454. The van der Waals surface area contributed by atoms with Crippen molar-refractivity contribution in [1.82, 2.24) is 0 Å². The Morgan fingerprint density at radius 2 is 2.10 bits per heavy atom. The number of para-hydroxylation sites is 1. The molecule has 0 spiro atoms. The first kappa shape index (κ1) is 14.1. The highest BCUT2D eigenvalue weighted by Gasteiger charge is 2.28. The van der Waals surface area contributed by atoms with Gasteiger partial charge in [0.25, 0.3) is 0 Å². The van der Waals surface area contributed by atoms with Crippen LogP contribution < -0.4 is 10.6 Å². The van der Waals surface area contributed by atoms with Crippen LogP contribution in [0.5, 0.6) is 0 Å². The lowest BCUT2D eigenvalue weighted by Gasteiger charge is -2.20. The second kappa shape index (κ2) is 5.88. The first-order valence-electron chi connectivity index (χ1n) is 7.00. The van der Waals surface area contributed by atoms with Crippen molar-refractivity contribution >= 4 is 27.3 Å². The first-order chi connectivity index (χ1) is 10.2. The van der Waals surface area contributed by atoms with Crippen molar-refractivity contribution in [3.63, 3.8) is 0 Å². The molecule has 0 fully saturated rings. The first-order valence-corrected chi connectivity index (χ1v) is 7.79. The van der Waals surface area contributed by atoms with E-state index in [4.69, 9.17) is 11.0 Å². The SMILES string of the molecule is N#Cc1cc(Br)cc(N2CC(CCN)c3ccccc32)c1. The molecule has 0 bridgehead atoms. The molecule has 0 saturated carbocycles. The van der Waals surface area contributed by atoms with E-state index in [2.05, 4.69) is 57.2 Å². The van der Waals surface area contributed by atoms with E-state index in [1.165, 1.54) is 11.3 Å². The largest absolute Gasteiger partial charge is 0.341 e. The normalized spacial score (nSPS) is 16.6. The van der Waals surface area contributed by atoms with Gasteiger partial charge in [-0.25, -0.2) is 0 Å². The summed E-state index contributed by atoms with van der Waals surface area (Å²) in [5.41, 5.74) is 10.0. The van der Waals surface area contributed by atoms with Gasteiger partial charge in [-0.1, -0.05) is 34.1 Å². The van der Waals surface area contributed by atoms with Gasteiger partial charge in [-0.2, -0.15) is 5.26 Å². The van der Waals surface area contributed by atoms with Crippen LogP contribution in [0.1, 0.15) is 23.5 Å². The second-order valence-electron chi connectivity index (χ2n) is 5.25. The summed E-state index contributed by atoms with van der Waals surface area (Å²) in [6.45, 7) is 1.60. The van der Waals surface area contributed by atoms with Gasteiger partial charge in [0.2, 0.25) is 0 Å². The van der Waals surface area contributed by atoms with E-state index in [9.17, 15) is 0 Å². The van der Waals surface area contributed by atoms with Crippen molar-refractivity contribution in [3.8, 4) is 6.07 Å². The highest BCUT2D eigenvalue weighted by molar-refractivity contribution is 9.10. The number of hydrogen-bond donors (Lipinski definition) is 1. The van der Waals surface area contributed by atoms with Gasteiger partial charge in [-0.05, 0) is 42.8 Å². The predicted molar refractivity (Wildman–Crippen MR) is 88.7 cm³/mol. The Morgan fingerprint density at radius 3 is 2.86 bits per heavy atom. The highest BCUT2D eigenvalue weighted by atomic mass is 79.9. The maximum atomic E-state index is 9.15. The second-order valence-corrected chi connectivity index (χ2v) is 6.17. The lowest BCUT2D eigenvalue weighted by Crippen LogP contribution is -2.17. The maximum absolute atomic E-state index is 9.15. The minimum atomic E-state index is 0.454. The molecule has 21 heavy (non-hydrogen) atoms. The number of nitrogens with two attached hydrogens (primary N) is 1. The number of rotatable bonds is 3. The zero-order chi connectivity index (χ0) is 14.8. The van der Waals surface area contributed by atoms with Crippen LogP contribution in [0.15, 0.2) is 46.9 Å². The molecule has 0 amide bonds. The Hall–Kier alpha value is -1.83. The summed E-state index contributed by atoms with van der Waals surface area (Å²) in [5, 5.41) is 9.15. The summed E-state index contributed by atoms with van der Waals surface area (Å²) in [6.07, 6.45) is 0.979. The topological polar surface area (TPSA) is 53.0 Å². The van der Waals surface area contributed by atoms with Crippen LogP contribution in [0.3, 0.4) is 0 Å². The Labute approximate surface area is 133 Å². The highest BCUT2D eigenvalue weighted by Crippen LogP contribution is 2.42. The zero-order valence-corrected chi connectivity index (χ0v) is 13.2. The molecule has 2 aromatic carbocycles. The average Bonchev–Trinajstić information content (AvgIpc) is 2.86. The molecular formula is C17H16BrN3. The Morgan fingerprint density at radius 1 is 1.29 bits per heavy atom. The fourth-order valence-corrected chi connectivity index (χ4v) is 3.46. The van der Waals surface area contributed by atoms with E-state index in [1.54, 1.807) is 0 Å². The van der Waals surface area contributed by atoms with Gasteiger partial charge < -0.3 is 10.6 Å². The van der Waals surface area contributed by atoms with Gasteiger partial charge in [-0.15, -0.1) is 0 Å². The van der Waals surface area contributed by atoms with Crippen molar-refractivity contribution in [2.45, 2.75) is 12.3 Å². The Bertz CT molecular complexity index is 705. The summed E-state index contributed by atoms with van der Waals surface area (Å²) < 4.78 is 0.927. The van der Waals surface area contributed by atoms with Crippen LogP contribution >= 0.6 is 15.9 Å². The number of hydrogen-bond acceptors (Lipinski definition) is 3. The molecule has 3 rings (SSSR count). The third-order valence-electron chi connectivity index (χ3n) is 3.91. The molecule has 1 atom stereocenters. The molecule has 1 aliphatic heterocycles. The van der Waals surface area contributed by atoms with Gasteiger partial charge in [0.15, 0.2) is 0 Å². The summed E-state index contributed by atoms with van der Waals surface area (Å²) >= 11 is 3.49. The van der Waals surface area contributed by atoms with Crippen molar-refractivity contribution in [2.24, 2.45) is 5.73 Å². The fourth-order valence-electron chi connectivity index (χ4n) is 2.98. The molecule has 1 heterocycles. The molecule has 0 aliphatic carbocycles. The molecular weight excluding hydrogens is 326 g/mol. The molecule has 0 saturated heterocycles. The molecule has 1 unspecified atom stereocenters. The van der Waals surface area contributed by atoms with Crippen LogP contribution in [-0.4, -0.2) is 13.1 Å². The minimum absolute atomic E-state index is 0.454. The number of fused-ring (bicyclic) bond motifs is 1. The lowest BCUT2D eigenvalue weighted by atomic mass is 9.98. The molecule has 4 heteroatoms. The van der Waals surface area contributed by atoms with Gasteiger partial charge >= 0.3 is 0 Å². The van der Waals surface area contributed by atoms with E-state index in [0.29, 0.717) is 18.0 Å². The molecule has 1 aliphatic rings. The average molecular weight is 342 g/mol. The van der Waals surface area contributed by atoms with Crippen molar-refractivity contribution in [1.29, 1.82) is 5.26 Å². The van der Waals surface area contributed by atoms with Crippen LogP contribution in [-0.2, 0) is 0 Å². The van der Waals surface area contributed by atoms with Crippen molar-refractivity contribution < 1.29 is 0 Å². The van der Waals surface area contributed by atoms with Gasteiger partial charge in [0.05, 0.1) is 11.6 Å². The molecule has 3 nitrogen and oxygen atoms in total. The summed E-state index contributed by atoms with van der Waals surface area (Å²) in [7, 11) is 0. The fraction of sp³-hybridized carbons (Fsp3) is 0.235. The maximum Gasteiger partial charge on any atom is 0.0992 e. The number of benzene rings is 2. The van der Waals surface area contributed by atoms with E-state index in [-0.39, 0.29) is 0 Å². The molecule has 2 N–H and O–H groups in total. The number of nitrogens with zero attached hydrogens (tertiary/aromatic N) is 2. The zero-order valence-electron chi connectivity index (χ0n) is 11.6. The van der Waals surface area contributed by atoms with E-state index < -0.39 is 0 Å². The summed E-state index contributed by atoms with van der Waals surface area (Å²) in [6, 6.07) is 16.5. The molecule has 2 aromatic rings. The van der Waals surface area contributed by atoms with E-state index in [0.717, 1.165) is 23.1 Å². The van der Waals surface area contributed by atoms with Crippen molar-refractivity contribution in [3.05, 3.63) is 58.1 Å². The van der Waals surface area contributed by atoms with Gasteiger partial charge in [0.1, 0.15) is 0 Å². The number of nitriles is 1. The van der Waals surface area contributed by atoms with Crippen LogP contribution in [0.2, 0.25) is 0 Å². The van der Waals surface area contributed by atoms with E-state index in [1.807, 2.05) is 12.1 Å². The number of anilines is 2. The minimum Gasteiger partial charge on any atom is -0.341 e. The van der Waals surface area contributed by atoms with Crippen LogP contribution in [0.4, 0.5) is 11.4 Å². The number of halogens is 1. The van der Waals surface area contributed by atoms with E-state index >= 15 is 0 Å². The Balaban J connectivity index is 2.04. The smallest absolute Gasteiger partial charge is 0.0992 e. The third-order valence-corrected chi connectivity index (χ3v) is 4.37. The molecule has 0 radical (unpaired) electrons. The monoisotopic (exact) mass is 341 g/mol. The van der Waals surface area contributed by atoms with Crippen molar-refractivity contribution in [2.75, 3.05) is 18.0 Å². The van der Waals surface area contributed by atoms with Gasteiger partial charge in [-0.3, -0.25) is 0 Å². The third kappa shape index (κ3) is 2.67. The lowest BCUT2D eigenvalue weighted by molar-refractivity contribution is 0.669. The van der Waals surface area contributed by atoms with Crippen LogP contribution in [0.25, 0.3) is 0 Å². The predicted octanol–water partition coefficient (Wildman–Crippen LogP) is 3.90. The molecule has 0 aromatic heterocycles. The standard InChI is InChI=1S/C17H16BrN3/c18-14-7-12(10-20)8-15(9-14)21-11-13(5-6-19)16-3-1-2-4-17(16)21/h1-4,7-9,13H,5-6,11,19H2. The summed E-state index contributed by atoms with van der Waals surface area (Å²) in [4.78, 5) is 2.28. The Kier molecular flexibility index (Phi) is 3.96. The van der Waals surface area contributed by atoms with Gasteiger partial charge in [0, 0.05) is 28.3 Å².